The average molecular weight is 229 g/mol. The summed E-state index contributed by atoms with van der Waals surface area (Å²) in [6, 6.07) is 3.87. The first-order chi connectivity index (χ1) is 8.22. The fraction of sp³-hybridized carbons (Fsp3) is 0.455. The van der Waals surface area contributed by atoms with Crippen LogP contribution in [-0.2, 0) is 17.8 Å². The number of aromatic nitrogens is 1. The van der Waals surface area contributed by atoms with Crippen LogP contribution in [0.15, 0.2) is 18.3 Å². The highest BCUT2D eigenvalue weighted by atomic mass is 16.6. The number of hydrogen-bond donors (Lipinski definition) is 0. The maximum Gasteiger partial charge on any atom is 0.410 e. The third-order valence-electron chi connectivity index (χ3n) is 3.09. The number of fused-ring (bicyclic) bond motifs is 1. The van der Waals surface area contributed by atoms with E-state index < -0.39 is 0 Å². The van der Waals surface area contributed by atoms with Crippen molar-refractivity contribution in [3.63, 3.8) is 0 Å². The Morgan fingerprint density at radius 2 is 2.29 bits per heavy atom. The van der Waals surface area contributed by atoms with Gasteiger partial charge >= 0.3 is 6.09 Å². The first-order valence-corrected chi connectivity index (χ1v) is 5.60. The fourth-order valence-electron chi connectivity index (χ4n) is 2.09. The molecule has 2 radical (unpaired) electrons. The van der Waals surface area contributed by atoms with Gasteiger partial charge in [0.15, 0.2) is 7.98 Å². The Balaban J connectivity index is 1.59. The lowest BCUT2D eigenvalue weighted by atomic mass is 10.1. The number of carbonyl (C=O) groups is 1. The minimum Gasteiger partial charge on any atom is -0.443 e. The van der Waals surface area contributed by atoms with Crippen molar-refractivity contribution >= 4 is 14.1 Å². The van der Waals surface area contributed by atoms with Gasteiger partial charge in [0.1, 0.15) is 6.10 Å². The van der Waals surface area contributed by atoms with E-state index in [2.05, 4.69) is 4.98 Å². The van der Waals surface area contributed by atoms with Crippen LogP contribution in [0.1, 0.15) is 11.3 Å². The van der Waals surface area contributed by atoms with Gasteiger partial charge in [-0.05, 0) is 11.6 Å². The van der Waals surface area contributed by atoms with Gasteiger partial charge in [0.2, 0.25) is 0 Å². The van der Waals surface area contributed by atoms with Gasteiger partial charge in [-0.2, -0.15) is 0 Å². The maximum absolute atomic E-state index is 11.8. The van der Waals surface area contributed by atoms with Crippen molar-refractivity contribution in [3.8, 4) is 0 Å². The van der Waals surface area contributed by atoms with Gasteiger partial charge < -0.3 is 9.55 Å². The monoisotopic (exact) mass is 229 g/mol. The van der Waals surface area contributed by atoms with Crippen molar-refractivity contribution in [1.82, 2.24) is 14.7 Å². The van der Waals surface area contributed by atoms with E-state index in [-0.39, 0.29) is 12.2 Å². The minimum atomic E-state index is -0.277. The van der Waals surface area contributed by atoms with Crippen LogP contribution < -0.4 is 0 Å². The third-order valence-corrected chi connectivity index (χ3v) is 3.09. The van der Waals surface area contributed by atoms with Crippen LogP contribution >= 0.6 is 0 Å². The van der Waals surface area contributed by atoms with E-state index in [0.717, 1.165) is 11.3 Å². The molecule has 5 nitrogen and oxygen atoms in total. The first kappa shape index (κ1) is 10.6. The first-order valence-electron chi connectivity index (χ1n) is 5.60. The van der Waals surface area contributed by atoms with Crippen LogP contribution in [-0.4, -0.2) is 48.0 Å². The standard InChI is InChI=1S/C11H12BN3O2/c12-15-5-9(6-15)17-11(16)14-4-8-2-1-3-13-10(8)7-14/h1-3,9H,4-7H2. The predicted molar refractivity (Wildman–Crippen MR) is 61.1 cm³/mol. The second kappa shape index (κ2) is 4.03. The van der Waals surface area contributed by atoms with Crippen LogP contribution in [0.3, 0.4) is 0 Å². The molecule has 0 atom stereocenters. The molecule has 17 heavy (non-hydrogen) atoms. The zero-order valence-electron chi connectivity index (χ0n) is 9.37. The highest BCUT2D eigenvalue weighted by Crippen LogP contribution is 2.21. The molecule has 0 N–H and O–H groups in total. The van der Waals surface area contributed by atoms with Crippen LogP contribution in [0.4, 0.5) is 4.79 Å². The van der Waals surface area contributed by atoms with Crippen molar-refractivity contribution in [3.05, 3.63) is 29.6 Å². The van der Waals surface area contributed by atoms with Crippen LogP contribution in [0.25, 0.3) is 0 Å². The normalized spacial score (nSPS) is 19.9. The molecule has 2 aliphatic heterocycles. The third kappa shape index (κ3) is 2.00. The van der Waals surface area contributed by atoms with Gasteiger partial charge in [-0.3, -0.25) is 9.88 Å². The fourth-order valence-corrected chi connectivity index (χ4v) is 2.09. The Labute approximate surface area is 101 Å². The molecule has 1 aromatic rings. The lowest BCUT2D eigenvalue weighted by Crippen LogP contribution is -2.52. The number of nitrogens with zero attached hydrogens (tertiary/aromatic N) is 3. The summed E-state index contributed by atoms with van der Waals surface area (Å²) in [6.45, 7) is 2.35. The second-order valence-corrected chi connectivity index (χ2v) is 4.42. The molecule has 0 saturated carbocycles. The molecule has 0 aromatic carbocycles. The quantitative estimate of drug-likeness (QED) is 0.650. The molecule has 1 fully saturated rings. The van der Waals surface area contributed by atoms with E-state index in [1.165, 1.54) is 0 Å². The van der Waals surface area contributed by atoms with E-state index in [0.29, 0.717) is 26.2 Å². The maximum atomic E-state index is 11.8. The molecular weight excluding hydrogens is 217 g/mol. The van der Waals surface area contributed by atoms with Crippen molar-refractivity contribution in [2.45, 2.75) is 19.2 Å². The smallest absolute Gasteiger partial charge is 0.410 e. The van der Waals surface area contributed by atoms with Gasteiger partial charge in [0.25, 0.3) is 0 Å². The Morgan fingerprint density at radius 1 is 1.47 bits per heavy atom. The molecule has 0 unspecified atom stereocenters. The molecule has 1 aromatic heterocycles. The minimum absolute atomic E-state index is 0.0656. The van der Waals surface area contributed by atoms with Gasteiger partial charge in [-0.1, -0.05) is 6.07 Å². The zero-order valence-corrected chi connectivity index (χ0v) is 9.37. The molecule has 2 aliphatic rings. The van der Waals surface area contributed by atoms with E-state index >= 15 is 0 Å². The molecule has 3 heterocycles. The van der Waals surface area contributed by atoms with Gasteiger partial charge in [-0.15, -0.1) is 0 Å². The number of carbonyl (C=O) groups excluding carboxylic acids is 1. The Hall–Kier alpha value is -1.56. The molecule has 0 spiro atoms. The van der Waals surface area contributed by atoms with E-state index in [1.54, 1.807) is 15.9 Å². The highest BCUT2D eigenvalue weighted by molar-refractivity contribution is 6.05. The molecule has 0 aliphatic carbocycles. The van der Waals surface area contributed by atoms with Crippen LogP contribution in [0.5, 0.6) is 0 Å². The van der Waals surface area contributed by atoms with Crippen molar-refractivity contribution in [1.29, 1.82) is 0 Å². The number of rotatable bonds is 1. The molecule has 0 bridgehead atoms. The van der Waals surface area contributed by atoms with Gasteiger partial charge in [-0.25, -0.2) is 4.79 Å². The second-order valence-electron chi connectivity index (χ2n) is 4.42. The SMILES string of the molecule is [B]N1CC(OC(=O)N2Cc3cccnc3C2)C1. The van der Waals surface area contributed by atoms with E-state index in [1.807, 2.05) is 12.1 Å². The summed E-state index contributed by atoms with van der Waals surface area (Å²) < 4.78 is 5.31. The van der Waals surface area contributed by atoms with Gasteiger partial charge in [0.05, 0.1) is 18.8 Å². The Morgan fingerprint density at radius 3 is 3.00 bits per heavy atom. The molecule has 6 heteroatoms. The van der Waals surface area contributed by atoms with Crippen molar-refractivity contribution < 1.29 is 9.53 Å². The van der Waals surface area contributed by atoms with Crippen molar-refractivity contribution in [2.75, 3.05) is 13.1 Å². The summed E-state index contributed by atoms with van der Waals surface area (Å²) in [7, 11) is 5.49. The van der Waals surface area contributed by atoms with Crippen molar-refractivity contribution in [2.24, 2.45) is 0 Å². The summed E-state index contributed by atoms with van der Waals surface area (Å²) in [5, 5.41) is 0. The van der Waals surface area contributed by atoms with Crippen LogP contribution in [0.2, 0.25) is 0 Å². The largest absolute Gasteiger partial charge is 0.443 e. The lowest BCUT2D eigenvalue weighted by molar-refractivity contribution is 0.00672. The van der Waals surface area contributed by atoms with E-state index in [4.69, 9.17) is 12.7 Å². The molecular formula is C11H12BN3O2. The van der Waals surface area contributed by atoms with Crippen LogP contribution in [0, 0.1) is 0 Å². The Bertz CT molecular complexity index is 423. The Kier molecular flexibility index (Phi) is 2.51. The summed E-state index contributed by atoms with van der Waals surface area (Å²) in [5.74, 6) is 0. The topological polar surface area (TPSA) is 45.7 Å². The summed E-state index contributed by atoms with van der Waals surface area (Å²) >= 11 is 0. The molecule has 1 saturated heterocycles. The zero-order chi connectivity index (χ0) is 11.8. The van der Waals surface area contributed by atoms with Gasteiger partial charge in [0, 0.05) is 19.3 Å². The molecule has 86 valence electrons. The number of ether oxygens (including phenoxy) is 1. The molecule has 3 rings (SSSR count). The highest BCUT2D eigenvalue weighted by Gasteiger charge is 2.31. The number of hydrogen-bond acceptors (Lipinski definition) is 4. The molecule has 1 amide bonds. The number of amides is 1. The average Bonchev–Trinajstić information content (AvgIpc) is 2.70. The van der Waals surface area contributed by atoms with E-state index in [9.17, 15) is 4.79 Å². The summed E-state index contributed by atoms with van der Waals surface area (Å²) in [5.41, 5.74) is 2.05. The summed E-state index contributed by atoms with van der Waals surface area (Å²) in [4.78, 5) is 19.4. The lowest BCUT2D eigenvalue weighted by Gasteiger charge is -2.36. The summed E-state index contributed by atoms with van der Waals surface area (Å²) in [6.07, 6.45) is 1.40. The number of pyridine rings is 1. The predicted octanol–water partition coefficient (Wildman–Crippen LogP) is 0.301.